The number of rotatable bonds is 2. The van der Waals surface area contributed by atoms with Crippen molar-refractivity contribution in [1.29, 1.82) is 0 Å². The molecule has 2 aliphatic carbocycles. The van der Waals surface area contributed by atoms with Crippen LogP contribution in [-0.2, 0) is 11.2 Å². The Morgan fingerprint density at radius 2 is 0.821 bits per heavy atom. The van der Waals surface area contributed by atoms with Crippen molar-refractivity contribution >= 4 is 86.3 Å². The summed E-state index contributed by atoms with van der Waals surface area (Å²) in [7, 11) is 0. The van der Waals surface area contributed by atoms with Gasteiger partial charge in [-0.15, -0.1) is 45.3 Å². The first-order chi connectivity index (χ1) is 27.3. The van der Waals surface area contributed by atoms with Gasteiger partial charge in [0.15, 0.2) is 22.2 Å². The summed E-state index contributed by atoms with van der Waals surface area (Å²) >= 11 is 6.43. The van der Waals surface area contributed by atoms with Gasteiger partial charge in [-0.05, 0) is 63.5 Å². The molecule has 0 radical (unpaired) electrons. The minimum absolute atomic E-state index is 0.0292. The molecular weight excluding hydrogens is 781 g/mol. The van der Waals surface area contributed by atoms with Gasteiger partial charge in [0.25, 0.3) is 0 Å². The van der Waals surface area contributed by atoms with E-state index < -0.39 is 11.2 Å². The molecule has 2 fully saturated rings. The first-order valence-corrected chi connectivity index (χ1v) is 22.4. The molecule has 12 heteroatoms. The third kappa shape index (κ3) is 4.49. The van der Waals surface area contributed by atoms with Gasteiger partial charge in [-0.1, -0.05) is 61.4 Å². The minimum atomic E-state index is -0.526. The highest BCUT2D eigenvalue weighted by Crippen LogP contribution is 2.67. The fourth-order valence-corrected chi connectivity index (χ4v) is 14.8. The largest absolute Gasteiger partial charge is 0.479 e. The van der Waals surface area contributed by atoms with Gasteiger partial charge in [0.2, 0.25) is 21.7 Å². The Balaban J connectivity index is 1.05. The number of hydrogen-bond acceptors (Lipinski definition) is 12. The summed E-state index contributed by atoms with van der Waals surface area (Å²) in [5.41, 5.74) is -0.165. The quantitative estimate of drug-likeness (QED) is 0.172. The molecule has 2 saturated carbocycles. The van der Waals surface area contributed by atoms with Gasteiger partial charge in [0.1, 0.15) is 21.2 Å². The van der Waals surface area contributed by atoms with Crippen molar-refractivity contribution in [2.24, 2.45) is 9.98 Å². The predicted molar refractivity (Wildman–Crippen MR) is 225 cm³/mol. The molecule has 0 amide bonds. The van der Waals surface area contributed by atoms with E-state index in [9.17, 15) is 19.2 Å². The van der Waals surface area contributed by atoms with Gasteiger partial charge < -0.3 is 9.47 Å². The Morgan fingerprint density at radius 3 is 1.18 bits per heavy atom. The predicted octanol–water partition coefficient (Wildman–Crippen LogP) is 9.49. The molecular formula is C44H30N2O6S4. The Morgan fingerprint density at radius 1 is 0.464 bits per heavy atom. The molecule has 6 heterocycles. The minimum Gasteiger partial charge on any atom is -0.479 e. The average Bonchev–Trinajstić information content (AvgIpc) is 4.07. The normalized spacial score (nSPS) is 17.8. The van der Waals surface area contributed by atoms with Crippen LogP contribution in [0.4, 0.5) is 10.0 Å². The summed E-state index contributed by atoms with van der Waals surface area (Å²) in [6.07, 6.45) is 9.95. The van der Waals surface area contributed by atoms with E-state index in [1.165, 1.54) is 22.7 Å². The van der Waals surface area contributed by atoms with E-state index in [1.54, 1.807) is 71.2 Å². The summed E-state index contributed by atoms with van der Waals surface area (Å²) in [6, 6.07) is 18.0. The third-order valence-electron chi connectivity index (χ3n) is 12.3. The van der Waals surface area contributed by atoms with Crippen LogP contribution < -0.4 is 41.9 Å². The van der Waals surface area contributed by atoms with E-state index in [0.717, 1.165) is 116 Å². The van der Waals surface area contributed by atoms with Crippen molar-refractivity contribution in [3.8, 4) is 31.0 Å². The molecule has 4 aliphatic rings. The van der Waals surface area contributed by atoms with Crippen LogP contribution in [0, 0.1) is 0 Å². The number of benzene rings is 2. The van der Waals surface area contributed by atoms with Gasteiger partial charge in [-0.2, -0.15) is 0 Å². The Labute approximate surface area is 333 Å². The van der Waals surface area contributed by atoms with Crippen LogP contribution in [0.5, 0.6) is 11.5 Å². The smallest absolute Gasteiger partial charge is 0.216 e. The highest BCUT2D eigenvalue weighted by atomic mass is 32.1. The third-order valence-corrected chi connectivity index (χ3v) is 17.2. The molecule has 0 N–H and O–H groups in total. The zero-order chi connectivity index (χ0) is 37.5. The molecule has 0 saturated heterocycles. The summed E-state index contributed by atoms with van der Waals surface area (Å²) < 4.78 is 16.6. The highest BCUT2D eigenvalue weighted by Gasteiger charge is 2.48. The fraction of sp³-hybridized carbons (Fsp3) is 0.273. The van der Waals surface area contributed by atoms with E-state index in [1.807, 2.05) is 0 Å². The number of nitrogens with zero attached hydrogens (tertiary/aromatic N) is 2. The second kappa shape index (κ2) is 11.8. The van der Waals surface area contributed by atoms with Crippen LogP contribution >= 0.6 is 45.3 Å². The van der Waals surface area contributed by atoms with Crippen molar-refractivity contribution < 1.29 is 9.47 Å². The first kappa shape index (κ1) is 33.3. The molecule has 8 nitrogen and oxygen atoms in total. The van der Waals surface area contributed by atoms with Crippen molar-refractivity contribution in [2.45, 2.75) is 75.4 Å². The summed E-state index contributed by atoms with van der Waals surface area (Å²) in [4.78, 5) is 67.1. The summed E-state index contributed by atoms with van der Waals surface area (Å²) in [6.45, 7) is 0. The van der Waals surface area contributed by atoms with Gasteiger partial charge in [0.05, 0.1) is 28.9 Å². The maximum atomic E-state index is 13.3. The van der Waals surface area contributed by atoms with Crippen LogP contribution in [0.3, 0.4) is 0 Å². The van der Waals surface area contributed by atoms with Crippen LogP contribution in [-0.4, -0.2) is 0 Å². The second-order valence-electron chi connectivity index (χ2n) is 15.5. The lowest BCUT2D eigenvalue weighted by Gasteiger charge is -2.40. The monoisotopic (exact) mass is 810 g/mol. The topological polar surface area (TPSA) is 111 Å². The zero-order valence-electron chi connectivity index (χ0n) is 29.8. The number of thiophene rings is 4. The molecule has 276 valence electrons. The standard InChI is InChI=1S/C44H30N2O6S4/c47-31-21-11-3-4-12-22(21)32(48)29(31)45-27-19-25-37(53-27)39-35(51-43(25)15-7-1-8-16-43)41-42(55-39)36-40(56-41)38-26(44(52-36)17-9-2-10-18-44)20-28(54-38)46-30-33(49)23-13-5-6-14-24(23)34(30)50/h3-6,11-14,19-20H,1-2,7-10,15-18H2. The van der Waals surface area contributed by atoms with Gasteiger partial charge in [-0.3, -0.25) is 19.2 Å². The lowest BCUT2D eigenvalue weighted by Crippen LogP contribution is -2.37. The average molecular weight is 811 g/mol. The van der Waals surface area contributed by atoms with Gasteiger partial charge in [-0.25, -0.2) is 9.98 Å². The Bertz CT molecular complexity index is 3010. The zero-order valence-corrected chi connectivity index (χ0v) is 33.1. The van der Waals surface area contributed by atoms with Gasteiger partial charge >= 0.3 is 0 Å². The van der Waals surface area contributed by atoms with E-state index in [4.69, 9.17) is 19.5 Å². The van der Waals surface area contributed by atoms with Crippen molar-refractivity contribution in [3.05, 3.63) is 123 Å². The number of hydrogen-bond donors (Lipinski definition) is 0. The molecule has 12 rings (SSSR count). The Kier molecular flexibility index (Phi) is 7.03. The number of ether oxygens (including phenoxy) is 2. The molecule has 8 aromatic rings. The maximum Gasteiger partial charge on any atom is 0.216 e. The summed E-state index contributed by atoms with van der Waals surface area (Å²) in [5.74, 6) is 1.75. The fourth-order valence-electron chi connectivity index (χ4n) is 9.65. The van der Waals surface area contributed by atoms with Crippen LogP contribution in [0.1, 0.15) is 75.3 Å². The molecule has 0 atom stereocenters. The van der Waals surface area contributed by atoms with E-state index >= 15 is 0 Å². The highest BCUT2D eigenvalue weighted by molar-refractivity contribution is 7.35. The van der Waals surface area contributed by atoms with E-state index in [-0.39, 0.29) is 32.4 Å². The van der Waals surface area contributed by atoms with Gasteiger partial charge in [0, 0.05) is 32.7 Å². The van der Waals surface area contributed by atoms with Crippen LogP contribution in [0.15, 0.2) is 89.8 Å². The van der Waals surface area contributed by atoms with Crippen LogP contribution in [0.2, 0.25) is 0 Å². The summed E-state index contributed by atoms with van der Waals surface area (Å²) in [5, 5.41) is 2.84. The lowest BCUT2D eigenvalue weighted by atomic mass is 9.78. The van der Waals surface area contributed by atoms with Crippen molar-refractivity contribution in [3.63, 3.8) is 0 Å². The molecule has 2 aliphatic heterocycles. The van der Waals surface area contributed by atoms with Crippen molar-refractivity contribution in [1.82, 2.24) is 0 Å². The van der Waals surface area contributed by atoms with E-state index in [0.29, 0.717) is 31.5 Å². The molecule has 0 unspecified atom stereocenters. The molecule has 4 aromatic heterocycles. The lowest BCUT2D eigenvalue weighted by molar-refractivity contribution is 0.0258. The Hall–Kier alpha value is -4.88. The molecule has 4 aromatic carbocycles. The first-order valence-electron chi connectivity index (χ1n) is 19.1. The SMILES string of the molecule is O=c1c(=Nc2cc3c(s2)-c2sc4c5c(sc4c2OC32CCCCC2)-c2sc(N=c3c(=O)c4ccccc4c3=O)cc2C2(CCCCC2)O5)c(=O)c2ccccc12. The van der Waals surface area contributed by atoms with E-state index in [2.05, 4.69) is 12.1 Å². The molecule has 2 spiro atoms. The van der Waals surface area contributed by atoms with Crippen LogP contribution in [0.25, 0.3) is 50.5 Å². The number of fused-ring (bicyclic) bond motifs is 13. The molecule has 0 bridgehead atoms. The second-order valence-corrected chi connectivity index (χ2v) is 19.6. The maximum absolute atomic E-state index is 13.3. The molecule has 56 heavy (non-hydrogen) atoms. The van der Waals surface area contributed by atoms with Crippen molar-refractivity contribution in [2.75, 3.05) is 0 Å².